The highest BCUT2D eigenvalue weighted by Crippen LogP contribution is 2.70. The molecular formula is C15H28O2. The average molecular weight is 240 g/mol. The fourth-order valence-electron chi connectivity index (χ4n) is 4.75. The number of ether oxygens (including phenoxy) is 2. The van der Waals surface area contributed by atoms with E-state index in [1.165, 1.54) is 0 Å². The molecule has 17 heavy (non-hydrogen) atoms. The minimum absolute atomic E-state index is 0.00116. The van der Waals surface area contributed by atoms with Gasteiger partial charge < -0.3 is 9.47 Å². The maximum Gasteiger partial charge on any atom is 0.108 e. The van der Waals surface area contributed by atoms with Crippen LogP contribution in [0.5, 0.6) is 0 Å². The first kappa shape index (κ1) is 13.4. The zero-order chi connectivity index (χ0) is 13.5. The van der Waals surface area contributed by atoms with Crippen molar-refractivity contribution in [2.24, 2.45) is 10.8 Å². The van der Waals surface area contributed by atoms with E-state index in [0.717, 1.165) is 0 Å². The Balaban J connectivity index is 2.69. The van der Waals surface area contributed by atoms with Crippen molar-refractivity contribution in [3.8, 4) is 0 Å². The molecule has 2 aliphatic heterocycles. The lowest BCUT2D eigenvalue weighted by molar-refractivity contribution is -0.271. The molecular weight excluding hydrogens is 212 g/mol. The molecule has 2 heteroatoms. The van der Waals surface area contributed by atoms with Crippen molar-refractivity contribution in [1.29, 1.82) is 0 Å². The molecule has 0 amide bonds. The van der Waals surface area contributed by atoms with Crippen molar-refractivity contribution in [2.45, 2.75) is 85.2 Å². The van der Waals surface area contributed by atoms with Gasteiger partial charge in [0.2, 0.25) is 0 Å². The van der Waals surface area contributed by atoms with Crippen LogP contribution in [0.15, 0.2) is 0 Å². The Morgan fingerprint density at radius 3 is 1.65 bits per heavy atom. The Kier molecular flexibility index (Phi) is 2.28. The van der Waals surface area contributed by atoms with Crippen LogP contribution in [-0.2, 0) is 9.47 Å². The van der Waals surface area contributed by atoms with E-state index in [1.54, 1.807) is 0 Å². The molecule has 100 valence electrons. The molecule has 1 unspecified atom stereocenters. The standard InChI is InChI=1S/C15H28O2/c1-10-15(11(2,3)4)12(5,6)14(9,16-10)13(7,8)17-15/h10H,1-9H3/t10?,14-,15-/m0/s1. The van der Waals surface area contributed by atoms with Gasteiger partial charge >= 0.3 is 0 Å². The van der Waals surface area contributed by atoms with E-state index in [1.807, 2.05) is 0 Å². The molecule has 2 rings (SSSR count). The van der Waals surface area contributed by atoms with Crippen LogP contribution in [0, 0.1) is 10.8 Å². The van der Waals surface area contributed by atoms with Gasteiger partial charge in [0.15, 0.2) is 0 Å². The van der Waals surface area contributed by atoms with E-state index in [4.69, 9.17) is 9.47 Å². The largest absolute Gasteiger partial charge is 0.366 e. The monoisotopic (exact) mass is 240 g/mol. The van der Waals surface area contributed by atoms with E-state index in [0.29, 0.717) is 0 Å². The minimum atomic E-state index is -0.240. The lowest BCUT2D eigenvalue weighted by atomic mass is 9.57. The summed E-state index contributed by atoms with van der Waals surface area (Å²) in [5.41, 5.74) is -0.635. The predicted molar refractivity (Wildman–Crippen MR) is 70.1 cm³/mol. The number of fused-ring (bicyclic) bond motifs is 2. The third-order valence-corrected chi connectivity index (χ3v) is 5.79. The molecule has 0 spiro atoms. The lowest BCUT2D eigenvalue weighted by Crippen LogP contribution is -2.58. The second-order valence-electron chi connectivity index (χ2n) is 8.02. The molecule has 0 saturated carbocycles. The van der Waals surface area contributed by atoms with Gasteiger partial charge in [-0.1, -0.05) is 34.6 Å². The summed E-state index contributed by atoms with van der Waals surface area (Å²) in [6.45, 7) is 20.1. The van der Waals surface area contributed by atoms with Crippen LogP contribution in [-0.4, -0.2) is 22.9 Å². The van der Waals surface area contributed by atoms with Gasteiger partial charge in [-0.25, -0.2) is 0 Å². The molecule has 2 saturated heterocycles. The maximum atomic E-state index is 6.61. The van der Waals surface area contributed by atoms with Crippen molar-refractivity contribution in [3.05, 3.63) is 0 Å². The molecule has 2 fully saturated rings. The summed E-state index contributed by atoms with van der Waals surface area (Å²) in [7, 11) is 0. The molecule has 0 aromatic heterocycles. The molecule has 2 nitrogen and oxygen atoms in total. The Labute approximate surface area is 106 Å². The van der Waals surface area contributed by atoms with Crippen molar-refractivity contribution in [3.63, 3.8) is 0 Å². The first-order valence-corrected chi connectivity index (χ1v) is 6.71. The van der Waals surface area contributed by atoms with Crippen LogP contribution in [0.1, 0.15) is 62.3 Å². The molecule has 0 aromatic carbocycles. The Hall–Kier alpha value is -0.0800. The third-order valence-electron chi connectivity index (χ3n) is 5.79. The van der Waals surface area contributed by atoms with E-state index in [9.17, 15) is 0 Å². The van der Waals surface area contributed by atoms with E-state index in [-0.39, 0.29) is 33.7 Å². The number of hydrogen-bond acceptors (Lipinski definition) is 2. The lowest BCUT2D eigenvalue weighted by Gasteiger charge is -2.50. The number of hydrogen-bond donors (Lipinski definition) is 0. The van der Waals surface area contributed by atoms with Crippen molar-refractivity contribution in [2.75, 3.05) is 0 Å². The van der Waals surface area contributed by atoms with Gasteiger partial charge in [0.1, 0.15) is 11.2 Å². The SMILES string of the molecule is CC1O[C@]2(C)C(C)(C)O[C@@]1(C(C)(C)C)C2(C)C. The first-order valence-electron chi connectivity index (χ1n) is 6.71. The summed E-state index contributed by atoms with van der Waals surface area (Å²) in [6, 6.07) is 0. The Bertz CT molecular complexity index is 350. The van der Waals surface area contributed by atoms with Gasteiger partial charge in [-0.15, -0.1) is 0 Å². The summed E-state index contributed by atoms with van der Waals surface area (Å²) in [5.74, 6) is 0. The highest BCUT2D eigenvalue weighted by Gasteiger charge is 2.80. The molecule has 2 aliphatic rings. The second kappa shape index (κ2) is 2.91. The minimum Gasteiger partial charge on any atom is -0.366 e. The molecule has 2 bridgehead atoms. The summed E-state index contributed by atoms with van der Waals surface area (Å²) < 4.78 is 13.0. The van der Waals surface area contributed by atoms with Gasteiger partial charge in [-0.2, -0.15) is 0 Å². The third kappa shape index (κ3) is 1.10. The second-order valence-corrected chi connectivity index (χ2v) is 8.02. The van der Waals surface area contributed by atoms with Crippen LogP contribution in [0.25, 0.3) is 0 Å². The van der Waals surface area contributed by atoms with Gasteiger partial charge in [0.05, 0.1) is 11.7 Å². The molecule has 2 heterocycles. The summed E-state index contributed by atoms with van der Waals surface area (Å²) in [6.07, 6.45) is 0.135. The van der Waals surface area contributed by atoms with Crippen LogP contribution in [0.3, 0.4) is 0 Å². The molecule has 0 aromatic rings. The van der Waals surface area contributed by atoms with Gasteiger partial charge in [-0.3, -0.25) is 0 Å². The topological polar surface area (TPSA) is 18.5 Å². The smallest absolute Gasteiger partial charge is 0.108 e. The fourth-order valence-corrected chi connectivity index (χ4v) is 4.75. The molecule has 0 aliphatic carbocycles. The van der Waals surface area contributed by atoms with E-state index in [2.05, 4.69) is 62.3 Å². The van der Waals surface area contributed by atoms with Crippen LogP contribution >= 0.6 is 0 Å². The van der Waals surface area contributed by atoms with E-state index >= 15 is 0 Å². The average Bonchev–Trinajstić information content (AvgIpc) is 2.29. The van der Waals surface area contributed by atoms with Crippen molar-refractivity contribution < 1.29 is 9.47 Å². The molecule has 0 radical (unpaired) electrons. The van der Waals surface area contributed by atoms with E-state index < -0.39 is 0 Å². The Morgan fingerprint density at radius 1 is 0.941 bits per heavy atom. The highest BCUT2D eigenvalue weighted by atomic mass is 16.6. The molecule has 0 N–H and O–H groups in total. The van der Waals surface area contributed by atoms with Gasteiger partial charge in [-0.05, 0) is 33.1 Å². The normalized spacial score (nSPS) is 47.5. The fraction of sp³-hybridized carbons (Fsp3) is 1.00. The highest BCUT2D eigenvalue weighted by molar-refractivity contribution is 5.28. The van der Waals surface area contributed by atoms with Crippen molar-refractivity contribution >= 4 is 0 Å². The zero-order valence-corrected chi connectivity index (χ0v) is 12.9. The summed E-state index contributed by atoms with van der Waals surface area (Å²) >= 11 is 0. The quantitative estimate of drug-likeness (QED) is 0.641. The summed E-state index contributed by atoms with van der Waals surface area (Å²) in [5, 5.41) is 0. The van der Waals surface area contributed by atoms with Crippen molar-refractivity contribution in [1.82, 2.24) is 0 Å². The Morgan fingerprint density at radius 2 is 1.41 bits per heavy atom. The zero-order valence-electron chi connectivity index (χ0n) is 12.9. The summed E-state index contributed by atoms with van der Waals surface area (Å²) in [4.78, 5) is 0. The van der Waals surface area contributed by atoms with Crippen LogP contribution in [0.2, 0.25) is 0 Å². The maximum absolute atomic E-state index is 6.61. The van der Waals surface area contributed by atoms with Crippen LogP contribution in [0.4, 0.5) is 0 Å². The van der Waals surface area contributed by atoms with Gasteiger partial charge in [0.25, 0.3) is 0 Å². The first-order chi connectivity index (χ1) is 7.33. The van der Waals surface area contributed by atoms with Crippen LogP contribution < -0.4 is 0 Å². The molecule has 3 atom stereocenters. The van der Waals surface area contributed by atoms with Gasteiger partial charge in [0, 0.05) is 5.41 Å². The predicted octanol–water partition coefficient (Wildman–Crippen LogP) is 3.78. The number of rotatable bonds is 0.